The van der Waals surface area contributed by atoms with Crippen LogP contribution in [0.15, 0.2) is 39.4 Å². The molecule has 1 heterocycles. The van der Waals surface area contributed by atoms with Crippen molar-refractivity contribution < 1.29 is 4.42 Å². The van der Waals surface area contributed by atoms with Gasteiger partial charge < -0.3 is 9.73 Å². The highest BCUT2D eigenvalue weighted by Crippen LogP contribution is 2.29. The summed E-state index contributed by atoms with van der Waals surface area (Å²) >= 11 is 15.5. The second-order valence-electron chi connectivity index (χ2n) is 4.59. The predicted octanol–water partition coefficient (Wildman–Crippen LogP) is 5.63. The zero-order chi connectivity index (χ0) is 14.5. The molecule has 0 aliphatic heterocycles. The summed E-state index contributed by atoms with van der Waals surface area (Å²) in [5, 5.41) is 4.65. The van der Waals surface area contributed by atoms with Crippen LogP contribution in [0.25, 0.3) is 0 Å². The van der Waals surface area contributed by atoms with Crippen LogP contribution >= 0.6 is 39.1 Å². The molecule has 0 saturated carbocycles. The maximum atomic E-state index is 6.07. The number of hydrogen-bond donors (Lipinski definition) is 1. The number of nitrogens with one attached hydrogen (secondary N) is 1. The average Bonchev–Trinajstić information content (AvgIpc) is 2.85. The minimum atomic E-state index is 0.108. The summed E-state index contributed by atoms with van der Waals surface area (Å²) in [6, 6.07) is 7.74. The van der Waals surface area contributed by atoms with E-state index < -0.39 is 0 Å². The Kier molecular flexibility index (Phi) is 5.97. The van der Waals surface area contributed by atoms with E-state index in [1.165, 1.54) is 0 Å². The molecule has 108 valence electrons. The fraction of sp³-hybridized carbons (Fsp3) is 0.333. The van der Waals surface area contributed by atoms with Crippen molar-refractivity contribution in [1.82, 2.24) is 5.32 Å². The molecule has 20 heavy (non-hydrogen) atoms. The van der Waals surface area contributed by atoms with E-state index in [4.69, 9.17) is 27.6 Å². The van der Waals surface area contributed by atoms with Gasteiger partial charge in [0.2, 0.25) is 0 Å². The zero-order valence-corrected chi connectivity index (χ0v) is 14.2. The minimum absolute atomic E-state index is 0.108. The Hall–Kier alpha value is -0.480. The Labute approximate surface area is 137 Å². The molecule has 1 unspecified atom stereocenters. The maximum absolute atomic E-state index is 6.07. The zero-order valence-electron chi connectivity index (χ0n) is 11.1. The fourth-order valence-electron chi connectivity index (χ4n) is 2.03. The molecule has 5 heteroatoms. The highest BCUT2D eigenvalue weighted by atomic mass is 79.9. The number of furan rings is 1. The van der Waals surface area contributed by atoms with Crippen molar-refractivity contribution in [3.63, 3.8) is 0 Å². The molecule has 2 rings (SSSR count). The maximum Gasteiger partial charge on any atom is 0.135 e. The molecule has 1 atom stereocenters. The Balaban J connectivity index is 2.19. The lowest BCUT2D eigenvalue weighted by atomic mass is 10.0. The lowest BCUT2D eigenvalue weighted by Gasteiger charge is -2.17. The van der Waals surface area contributed by atoms with Crippen LogP contribution < -0.4 is 5.32 Å². The van der Waals surface area contributed by atoms with E-state index >= 15 is 0 Å². The lowest BCUT2D eigenvalue weighted by Crippen LogP contribution is -2.24. The quantitative estimate of drug-likeness (QED) is 0.706. The second kappa shape index (κ2) is 7.51. The summed E-state index contributed by atoms with van der Waals surface area (Å²) in [5.41, 5.74) is 1.12. The number of halogens is 3. The third-order valence-corrected chi connectivity index (χ3v) is 4.42. The molecule has 0 radical (unpaired) electrons. The summed E-state index contributed by atoms with van der Waals surface area (Å²) in [5.74, 6) is 0.907. The summed E-state index contributed by atoms with van der Waals surface area (Å²) in [6.45, 7) is 3.07. The van der Waals surface area contributed by atoms with Crippen LogP contribution in [0.1, 0.15) is 30.7 Å². The third kappa shape index (κ3) is 4.01. The van der Waals surface area contributed by atoms with Gasteiger partial charge in [-0.3, -0.25) is 0 Å². The van der Waals surface area contributed by atoms with Crippen LogP contribution in [0.5, 0.6) is 0 Å². The van der Waals surface area contributed by atoms with Gasteiger partial charge in [0.1, 0.15) is 5.76 Å². The van der Waals surface area contributed by atoms with Gasteiger partial charge in [-0.1, -0.05) is 36.2 Å². The summed E-state index contributed by atoms with van der Waals surface area (Å²) in [6.07, 6.45) is 3.55. The molecule has 0 amide bonds. The molecule has 1 N–H and O–H groups in total. The van der Waals surface area contributed by atoms with Crippen LogP contribution in [0.4, 0.5) is 0 Å². The largest absolute Gasteiger partial charge is 0.466 e. The molecule has 1 aromatic carbocycles. The van der Waals surface area contributed by atoms with Gasteiger partial charge in [0.15, 0.2) is 0 Å². The summed E-state index contributed by atoms with van der Waals surface area (Å²) < 4.78 is 6.56. The van der Waals surface area contributed by atoms with Crippen molar-refractivity contribution in [3.05, 3.63) is 56.4 Å². The molecule has 0 saturated heterocycles. The van der Waals surface area contributed by atoms with E-state index in [0.29, 0.717) is 10.0 Å². The molecule has 0 spiro atoms. The molecule has 0 aliphatic rings. The van der Waals surface area contributed by atoms with Gasteiger partial charge in [-0.2, -0.15) is 0 Å². The van der Waals surface area contributed by atoms with Gasteiger partial charge in [0.25, 0.3) is 0 Å². The van der Waals surface area contributed by atoms with Crippen LogP contribution in [0.2, 0.25) is 10.0 Å². The molecule has 2 aromatic rings. The van der Waals surface area contributed by atoms with E-state index in [2.05, 4.69) is 28.2 Å². The van der Waals surface area contributed by atoms with Gasteiger partial charge in [0, 0.05) is 0 Å². The van der Waals surface area contributed by atoms with Gasteiger partial charge in [-0.05, 0) is 59.1 Å². The van der Waals surface area contributed by atoms with E-state index in [0.717, 1.165) is 35.2 Å². The highest BCUT2D eigenvalue weighted by Gasteiger charge is 2.18. The predicted molar refractivity (Wildman–Crippen MR) is 87.6 cm³/mol. The van der Waals surface area contributed by atoms with Gasteiger partial charge in [-0.25, -0.2) is 0 Å². The van der Waals surface area contributed by atoms with Crippen molar-refractivity contribution >= 4 is 39.1 Å². The SMILES string of the molecule is CCCNC(Cc1ccc(Cl)c(Cl)c1)c1occc1Br. The normalized spacial score (nSPS) is 12.6. The smallest absolute Gasteiger partial charge is 0.135 e. The standard InChI is InChI=1S/C15H16BrCl2NO/c1-2-6-19-14(15-11(16)5-7-20-15)9-10-3-4-12(17)13(18)8-10/h3-5,7-8,14,19H,2,6,9H2,1H3. The first-order valence-corrected chi connectivity index (χ1v) is 8.07. The van der Waals surface area contributed by atoms with Crippen molar-refractivity contribution in [2.24, 2.45) is 0 Å². The van der Waals surface area contributed by atoms with Gasteiger partial charge in [0.05, 0.1) is 26.8 Å². The fourth-order valence-corrected chi connectivity index (χ4v) is 2.83. The van der Waals surface area contributed by atoms with E-state index in [-0.39, 0.29) is 6.04 Å². The molecule has 0 bridgehead atoms. The molecule has 0 fully saturated rings. The monoisotopic (exact) mass is 375 g/mol. The molecule has 1 aromatic heterocycles. The molecular weight excluding hydrogens is 361 g/mol. The Bertz CT molecular complexity index is 571. The first-order chi connectivity index (χ1) is 9.61. The van der Waals surface area contributed by atoms with E-state index in [1.807, 2.05) is 24.3 Å². The lowest BCUT2D eigenvalue weighted by molar-refractivity contribution is 0.408. The Morgan fingerprint density at radius 1 is 1.25 bits per heavy atom. The van der Waals surface area contributed by atoms with E-state index in [1.54, 1.807) is 6.26 Å². The topological polar surface area (TPSA) is 25.2 Å². The molecule has 0 aliphatic carbocycles. The van der Waals surface area contributed by atoms with Crippen molar-refractivity contribution in [2.45, 2.75) is 25.8 Å². The highest BCUT2D eigenvalue weighted by molar-refractivity contribution is 9.10. The van der Waals surface area contributed by atoms with Crippen LogP contribution in [0, 0.1) is 0 Å². The first kappa shape index (κ1) is 15.9. The van der Waals surface area contributed by atoms with Crippen molar-refractivity contribution in [1.29, 1.82) is 0 Å². The van der Waals surface area contributed by atoms with Crippen LogP contribution in [0.3, 0.4) is 0 Å². The average molecular weight is 377 g/mol. The van der Waals surface area contributed by atoms with Crippen molar-refractivity contribution in [3.8, 4) is 0 Å². The number of hydrogen-bond acceptors (Lipinski definition) is 2. The van der Waals surface area contributed by atoms with Crippen LogP contribution in [-0.4, -0.2) is 6.54 Å². The number of benzene rings is 1. The van der Waals surface area contributed by atoms with Gasteiger partial charge >= 0.3 is 0 Å². The van der Waals surface area contributed by atoms with Crippen molar-refractivity contribution in [2.75, 3.05) is 6.54 Å². The molecular formula is C15H16BrCl2NO. The first-order valence-electron chi connectivity index (χ1n) is 6.52. The Morgan fingerprint density at radius 3 is 2.65 bits per heavy atom. The van der Waals surface area contributed by atoms with Crippen LogP contribution in [-0.2, 0) is 6.42 Å². The second-order valence-corrected chi connectivity index (χ2v) is 6.26. The molecule has 2 nitrogen and oxygen atoms in total. The summed E-state index contributed by atoms with van der Waals surface area (Å²) in [4.78, 5) is 0. The summed E-state index contributed by atoms with van der Waals surface area (Å²) in [7, 11) is 0. The Morgan fingerprint density at radius 2 is 2.05 bits per heavy atom. The minimum Gasteiger partial charge on any atom is -0.466 e. The third-order valence-electron chi connectivity index (χ3n) is 3.03. The van der Waals surface area contributed by atoms with Gasteiger partial charge in [-0.15, -0.1) is 0 Å². The van der Waals surface area contributed by atoms with E-state index in [9.17, 15) is 0 Å². The number of rotatable bonds is 6.